The quantitative estimate of drug-likeness (QED) is 0.896. The van der Waals surface area contributed by atoms with Crippen molar-refractivity contribution in [1.82, 2.24) is 4.90 Å². The Morgan fingerprint density at radius 2 is 2.00 bits per heavy atom. The molecule has 3 rings (SSSR count). The molecule has 1 N–H and O–H groups in total. The van der Waals surface area contributed by atoms with Crippen molar-refractivity contribution < 1.29 is 9.90 Å². The van der Waals surface area contributed by atoms with Crippen LogP contribution in [0.2, 0.25) is 0 Å². The van der Waals surface area contributed by atoms with E-state index in [0.717, 1.165) is 29.1 Å². The Morgan fingerprint density at radius 1 is 1.32 bits per heavy atom. The highest BCUT2D eigenvalue weighted by Gasteiger charge is 2.33. The topological polar surface area (TPSA) is 40.5 Å². The van der Waals surface area contributed by atoms with Crippen LogP contribution < -0.4 is 0 Å². The van der Waals surface area contributed by atoms with Gasteiger partial charge in [-0.1, -0.05) is 12.1 Å². The van der Waals surface area contributed by atoms with Crippen LogP contribution >= 0.6 is 22.7 Å². The van der Waals surface area contributed by atoms with E-state index in [1.807, 2.05) is 46.8 Å². The number of hydrogen-bond acceptors (Lipinski definition) is 4. The van der Waals surface area contributed by atoms with Gasteiger partial charge in [-0.15, -0.1) is 22.7 Å². The van der Waals surface area contributed by atoms with Gasteiger partial charge in [0.05, 0.1) is 12.0 Å². The van der Waals surface area contributed by atoms with E-state index < -0.39 is 6.10 Å². The summed E-state index contributed by atoms with van der Waals surface area (Å²) in [6.07, 6.45) is 2.20. The Bertz CT molecular complexity index is 594. The van der Waals surface area contributed by atoms with E-state index >= 15 is 0 Å². The van der Waals surface area contributed by atoms with E-state index in [2.05, 4.69) is 0 Å². The van der Waals surface area contributed by atoms with Gasteiger partial charge in [-0.05, 0) is 49.1 Å². The summed E-state index contributed by atoms with van der Waals surface area (Å²) >= 11 is 3.21. The molecule has 118 valence electrons. The molecule has 0 bridgehead atoms. The second-order valence-electron chi connectivity index (χ2n) is 5.83. The zero-order chi connectivity index (χ0) is 15.5. The molecule has 1 aliphatic heterocycles. The molecular weight excluding hydrogens is 314 g/mol. The third-order valence-electron chi connectivity index (χ3n) is 4.37. The molecule has 0 spiro atoms. The first-order valence-corrected chi connectivity index (χ1v) is 9.48. The SMILES string of the molecule is CC(C(=O)N1CCCC1CC(O)c1cccs1)c1cccs1. The predicted molar refractivity (Wildman–Crippen MR) is 91.4 cm³/mol. The Kier molecular flexibility index (Phi) is 4.96. The Hall–Kier alpha value is -1.17. The fraction of sp³-hybridized carbons (Fsp3) is 0.471. The van der Waals surface area contributed by atoms with Crippen molar-refractivity contribution in [3.05, 3.63) is 44.8 Å². The molecule has 1 fully saturated rings. The molecule has 3 atom stereocenters. The molecule has 0 radical (unpaired) electrons. The smallest absolute Gasteiger partial charge is 0.230 e. The first kappa shape index (κ1) is 15.7. The maximum atomic E-state index is 12.8. The molecule has 2 aromatic heterocycles. The average Bonchev–Trinajstić information content (AvgIpc) is 3.25. The number of rotatable bonds is 5. The highest BCUT2D eigenvalue weighted by atomic mass is 32.1. The van der Waals surface area contributed by atoms with Crippen molar-refractivity contribution in [3.8, 4) is 0 Å². The van der Waals surface area contributed by atoms with Crippen molar-refractivity contribution >= 4 is 28.6 Å². The molecule has 3 unspecified atom stereocenters. The lowest BCUT2D eigenvalue weighted by molar-refractivity contribution is -0.133. The monoisotopic (exact) mass is 335 g/mol. The first-order valence-electron chi connectivity index (χ1n) is 7.72. The van der Waals surface area contributed by atoms with Gasteiger partial charge in [-0.2, -0.15) is 0 Å². The van der Waals surface area contributed by atoms with Crippen LogP contribution in [0.5, 0.6) is 0 Å². The molecule has 1 amide bonds. The minimum absolute atomic E-state index is 0.0838. The van der Waals surface area contributed by atoms with Crippen LogP contribution in [0.25, 0.3) is 0 Å². The lowest BCUT2D eigenvalue weighted by Gasteiger charge is -2.28. The van der Waals surface area contributed by atoms with Crippen molar-refractivity contribution in [2.24, 2.45) is 0 Å². The largest absolute Gasteiger partial charge is 0.387 e. The van der Waals surface area contributed by atoms with Gasteiger partial charge in [0, 0.05) is 22.3 Å². The van der Waals surface area contributed by atoms with Gasteiger partial charge in [0.15, 0.2) is 0 Å². The van der Waals surface area contributed by atoms with Crippen LogP contribution in [0.4, 0.5) is 0 Å². The highest BCUT2D eigenvalue weighted by Crippen LogP contribution is 2.32. The summed E-state index contributed by atoms with van der Waals surface area (Å²) in [5, 5.41) is 14.4. The second-order valence-corrected chi connectivity index (χ2v) is 7.79. The van der Waals surface area contributed by atoms with Crippen molar-refractivity contribution in [1.29, 1.82) is 0 Å². The summed E-state index contributed by atoms with van der Waals surface area (Å²) < 4.78 is 0. The minimum Gasteiger partial charge on any atom is -0.387 e. The minimum atomic E-state index is -0.463. The fourth-order valence-corrected chi connectivity index (χ4v) is 4.63. The van der Waals surface area contributed by atoms with Gasteiger partial charge in [-0.3, -0.25) is 4.79 Å². The van der Waals surface area contributed by atoms with Gasteiger partial charge in [0.2, 0.25) is 5.91 Å². The maximum absolute atomic E-state index is 12.8. The Labute approximate surface area is 139 Å². The Balaban J connectivity index is 1.66. The van der Waals surface area contributed by atoms with Gasteiger partial charge in [0.1, 0.15) is 0 Å². The number of carbonyl (C=O) groups is 1. The average molecular weight is 335 g/mol. The second kappa shape index (κ2) is 6.94. The zero-order valence-corrected chi connectivity index (χ0v) is 14.3. The standard InChI is InChI=1S/C17H21NO2S2/c1-12(15-6-3-9-21-15)17(20)18-8-2-5-13(18)11-14(19)16-7-4-10-22-16/h3-4,6-7,9-10,12-14,19H,2,5,8,11H2,1H3. The van der Waals surface area contributed by atoms with E-state index in [9.17, 15) is 9.90 Å². The fourth-order valence-electron chi connectivity index (χ4n) is 3.13. The molecule has 2 aromatic rings. The Morgan fingerprint density at radius 3 is 2.64 bits per heavy atom. The first-order chi connectivity index (χ1) is 10.7. The van der Waals surface area contributed by atoms with Gasteiger partial charge in [-0.25, -0.2) is 0 Å². The summed E-state index contributed by atoms with van der Waals surface area (Å²) in [5.41, 5.74) is 0. The van der Waals surface area contributed by atoms with E-state index in [-0.39, 0.29) is 17.9 Å². The van der Waals surface area contributed by atoms with Gasteiger partial charge in [0.25, 0.3) is 0 Å². The zero-order valence-electron chi connectivity index (χ0n) is 12.6. The lowest BCUT2D eigenvalue weighted by Crippen LogP contribution is -2.38. The molecule has 1 saturated heterocycles. The number of thiophene rings is 2. The summed E-state index contributed by atoms with van der Waals surface area (Å²) in [6.45, 7) is 2.80. The number of amides is 1. The molecule has 5 heteroatoms. The summed E-state index contributed by atoms with van der Waals surface area (Å²) in [6, 6.07) is 8.10. The molecule has 0 aliphatic carbocycles. The molecular formula is C17H21NO2S2. The summed E-state index contributed by atoms with van der Waals surface area (Å²) in [4.78, 5) is 16.9. The van der Waals surface area contributed by atoms with Crippen LogP contribution in [-0.4, -0.2) is 28.5 Å². The predicted octanol–water partition coefficient (Wildman–Crippen LogP) is 4.03. The van der Waals surface area contributed by atoms with Crippen molar-refractivity contribution in [2.45, 2.75) is 44.2 Å². The number of aliphatic hydroxyl groups is 1. The van der Waals surface area contributed by atoms with Crippen LogP contribution in [-0.2, 0) is 4.79 Å². The molecule has 3 heterocycles. The highest BCUT2D eigenvalue weighted by molar-refractivity contribution is 7.10. The summed E-state index contributed by atoms with van der Waals surface area (Å²) in [7, 11) is 0. The summed E-state index contributed by atoms with van der Waals surface area (Å²) in [5.74, 6) is 0.114. The van der Waals surface area contributed by atoms with Crippen LogP contribution in [0, 0.1) is 0 Å². The van der Waals surface area contributed by atoms with E-state index in [4.69, 9.17) is 0 Å². The molecule has 0 aromatic carbocycles. The van der Waals surface area contributed by atoms with E-state index in [0.29, 0.717) is 6.42 Å². The van der Waals surface area contributed by atoms with Crippen LogP contribution in [0.3, 0.4) is 0 Å². The van der Waals surface area contributed by atoms with Gasteiger partial charge >= 0.3 is 0 Å². The molecule has 3 nitrogen and oxygen atoms in total. The molecule has 22 heavy (non-hydrogen) atoms. The number of aliphatic hydroxyl groups excluding tert-OH is 1. The van der Waals surface area contributed by atoms with E-state index in [1.54, 1.807) is 22.7 Å². The normalized spacial score (nSPS) is 21.0. The third kappa shape index (κ3) is 3.26. The van der Waals surface area contributed by atoms with Crippen LogP contribution in [0.1, 0.15) is 48.0 Å². The van der Waals surface area contributed by atoms with Crippen molar-refractivity contribution in [2.75, 3.05) is 6.54 Å². The maximum Gasteiger partial charge on any atom is 0.230 e. The van der Waals surface area contributed by atoms with E-state index in [1.165, 1.54) is 0 Å². The van der Waals surface area contributed by atoms with Gasteiger partial charge < -0.3 is 10.0 Å². The number of likely N-dealkylation sites (tertiary alicyclic amines) is 1. The van der Waals surface area contributed by atoms with Crippen molar-refractivity contribution in [3.63, 3.8) is 0 Å². The van der Waals surface area contributed by atoms with Crippen LogP contribution in [0.15, 0.2) is 35.0 Å². The lowest BCUT2D eigenvalue weighted by atomic mass is 10.0. The molecule has 1 aliphatic rings. The third-order valence-corrected chi connectivity index (χ3v) is 6.40. The molecule has 0 saturated carbocycles. The number of carbonyl (C=O) groups excluding carboxylic acids is 1. The number of nitrogens with zero attached hydrogens (tertiary/aromatic N) is 1. The number of hydrogen-bond donors (Lipinski definition) is 1.